The highest BCUT2D eigenvalue weighted by atomic mass is 16.5. The SMILES string of the molecule is CN1CCCC(c2nc(C3CC3)no2)C1. The van der Waals surface area contributed by atoms with Gasteiger partial charge >= 0.3 is 0 Å². The van der Waals surface area contributed by atoms with E-state index in [9.17, 15) is 0 Å². The van der Waals surface area contributed by atoms with E-state index in [4.69, 9.17) is 4.52 Å². The van der Waals surface area contributed by atoms with Crippen molar-refractivity contribution in [3.05, 3.63) is 11.7 Å². The van der Waals surface area contributed by atoms with Crippen LogP contribution in [-0.2, 0) is 0 Å². The fourth-order valence-electron chi connectivity index (χ4n) is 2.29. The Morgan fingerprint density at radius 1 is 1.27 bits per heavy atom. The van der Waals surface area contributed by atoms with Crippen LogP contribution in [0.2, 0.25) is 0 Å². The van der Waals surface area contributed by atoms with Crippen LogP contribution >= 0.6 is 0 Å². The molecule has 0 radical (unpaired) electrons. The van der Waals surface area contributed by atoms with Gasteiger partial charge in [-0.1, -0.05) is 5.16 Å². The first-order chi connectivity index (χ1) is 7.33. The number of piperidine rings is 1. The summed E-state index contributed by atoms with van der Waals surface area (Å²) in [6.45, 7) is 2.26. The Balaban J connectivity index is 1.73. The largest absolute Gasteiger partial charge is 0.339 e. The molecule has 1 aliphatic heterocycles. The summed E-state index contributed by atoms with van der Waals surface area (Å²) in [5, 5.41) is 4.07. The van der Waals surface area contributed by atoms with Crippen LogP contribution in [0, 0.1) is 0 Å². The van der Waals surface area contributed by atoms with Crippen LogP contribution < -0.4 is 0 Å². The smallest absolute Gasteiger partial charge is 0.231 e. The van der Waals surface area contributed by atoms with Gasteiger partial charge in [0.2, 0.25) is 5.89 Å². The van der Waals surface area contributed by atoms with Gasteiger partial charge in [-0.25, -0.2) is 0 Å². The number of hydrogen-bond acceptors (Lipinski definition) is 4. The third kappa shape index (κ3) is 1.91. The highest BCUT2D eigenvalue weighted by molar-refractivity contribution is 5.06. The van der Waals surface area contributed by atoms with E-state index in [0.717, 1.165) is 18.3 Å². The summed E-state index contributed by atoms with van der Waals surface area (Å²) in [6.07, 6.45) is 4.91. The molecule has 1 saturated heterocycles. The Kier molecular flexibility index (Phi) is 2.24. The second-order valence-electron chi connectivity index (χ2n) is 4.87. The van der Waals surface area contributed by atoms with Gasteiger partial charge in [0.05, 0.1) is 5.92 Å². The molecule has 1 unspecified atom stereocenters. The predicted molar refractivity (Wildman–Crippen MR) is 55.7 cm³/mol. The van der Waals surface area contributed by atoms with Crippen molar-refractivity contribution in [1.29, 1.82) is 0 Å². The molecular weight excluding hydrogens is 190 g/mol. The highest BCUT2D eigenvalue weighted by Crippen LogP contribution is 2.39. The van der Waals surface area contributed by atoms with E-state index in [0.29, 0.717) is 11.8 Å². The van der Waals surface area contributed by atoms with Crippen LogP contribution in [0.4, 0.5) is 0 Å². The molecule has 0 spiro atoms. The van der Waals surface area contributed by atoms with Crippen molar-refractivity contribution in [2.45, 2.75) is 37.5 Å². The van der Waals surface area contributed by atoms with Gasteiger partial charge in [-0.2, -0.15) is 4.98 Å². The molecule has 1 saturated carbocycles. The average molecular weight is 207 g/mol. The summed E-state index contributed by atoms with van der Waals surface area (Å²) in [5.41, 5.74) is 0. The van der Waals surface area contributed by atoms with Crippen molar-refractivity contribution in [2.24, 2.45) is 0 Å². The van der Waals surface area contributed by atoms with E-state index < -0.39 is 0 Å². The molecule has 15 heavy (non-hydrogen) atoms. The number of rotatable bonds is 2. The standard InChI is InChI=1S/C11H17N3O/c1-14-6-2-3-9(7-14)11-12-10(13-15-11)8-4-5-8/h8-9H,2-7H2,1H3. The third-order valence-electron chi connectivity index (χ3n) is 3.37. The van der Waals surface area contributed by atoms with Crippen molar-refractivity contribution in [1.82, 2.24) is 15.0 Å². The van der Waals surface area contributed by atoms with Gasteiger partial charge in [0.1, 0.15) is 0 Å². The summed E-state index contributed by atoms with van der Waals surface area (Å²) in [6, 6.07) is 0. The topological polar surface area (TPSA) is 42.2 Å². The first kappa shape index (κ1) is 9.33. The van der Waals surface area contributed by atoms with E-state index in [1.165, 1.54) is 32.2 Å². The molecule has 2 heterocycles. The Morgan fingerprint density at radius 3 is 2.87 bits per heavy atom. The Hall–Kier alpha value is -0.900. The van der Waals surface area contributed by atoms with Crippen LogP contribution in [-0.4, -0.2) is 35.2 Å². The van der Waals surface area contributed by atoms with Crippen LogP contribution in [0.3, 0.4) is 0 Å². The van der Waals surface area contributed by atoms with Crippen LogP contribution in [0.15, 0.2) is 4.52 Å². The number of likely N-dealkylation sites (N-methyl/N-ethyl adjacent to an activating group) is 1. The van der Waals surface area contributed by atoms with Gasteiger partial charge in [-0.05, 0) is 39.3 Å². The molecule has 82 valence electrons. The molecule has 3 rings (SSSR count). The lowest BCUT2D eigenvalue weighted by atomic mass is 9.98. The fraction of sp³-hybridized carbons (Fsp3) is 0.818. The normalized spacial score (nSPS) is 28.2. The molecule has 1 atom stereocenters. The van der Waals surface area contributed by atoms with Crippen molar-refractivity contribution in [3.63, 3.8) is 0 Å². The molecule has 4 nitrogen and oxygen atoms in total. The molecule has 1 aromatic heterocycles. The van der Waals surface area contributed by atoms with Gasteiger partial charge < -0.3 is 9.42 Å². The molecule has 0 bridgehead atoms. The second-order valence-corrected chi connectivity index (χ2v) is 4.87. The van der Waals surface area contributed by atoms with Gasteiger partial charge in [0, 0.05) is 12.5 Å². The zero-order chi connectivity index (χ0) is 10.3. The summed E-state index contributed by atoms with van der Waals surface area (Å²) < 4.78 is 5.37. The minimum Gasteiger partial charge on any atom is -0.339 e. The van der Waals surface area contributed by atoms with Gasteiger partial charge in [0.15, 0.2) is 5.82 Å². The quantitative estimate of drug-likeness (QED) is 0.741. The number of nitrogens with zero attached hydrogens (tertiary/aromatic N) is 3. The number of hydrogen-bond donors (Lipinski definition) is 0. The number of aromatic nitrogens is 2. The van der Waals surface area contributed by atoms with Gasteiger partial charge in [-0.15, -0.1) is 0 Å². The van der Waals surface area contributed by atoms with Crippen molar-refractivity contribution >= 4 is 0 Å². The van der Waals surface area contributed by atoms with Crippen molar-refractivity contribution in [3.8, 4) is 0 Å². The van der Waals surface area contributed by atoms with E-state index in [1.807, 2.05) is 0 Å². The molecule has 0 amide bonds. The predicted octanol–water partition coefficient (Wildman–Crippen LogP) is 1.76. The van der Waals surface area contributed by atoms with Crippen LogP contribution in [0.1, 0.15) is 49.2 Å². The molecule has 1 aliphatic carbocycles. The first-order valence-corrected chi connectivity index (χ1v) is 5.85. The molecule has 2 fully saturated rings. The molecule has 2 aliphatic rings. The minimum atomic E-state index is 0.462. The zero-order valence-corrected chi connectivity index (χ0v) is 9.15. The third-order valence-corrected chi connectivity index (χ3v) is 3.37. The summed E-state index contributed by atoms with van der Waals surface area (Å²) in [4.78, 5) is 6.87. The maximum absolute atomic E-state index is 5.37. The van der Waals surface area contributed by atoms with Crippen LogP contribution in [0.5, 0.6) is 0 Å². The van der Waals surface area contributed by atoms with Crippen molar-refractivity contribution < 1.29 is 4.52 Å². The lowest BCUT2D eigenvalue weighted by Crippen LogP contribution is -2.30. The Bertz CT molecular complexity index is 345. The van der Waals surface area contributed by atoms with Gasteiger partial charge in [-0.3, -0.25) is 0 Å². The minimum absolute atomic E-state index is 0.462. The monoisotopic (exact) mass is 207 g/mol. The maximum atomic E-state index is 5.37. The van der Waals surface area contributed by atoms with E-state index >= 15 is 0 Å². The highest BCUT2D eigenvalue weighted by Gasteiger charge is 2.31. The van der Waals surface area contributed by atoms with Gasteiger partial charge in [0.25, 0.3) is 0 Å². The summed E-state index contributed by atoms with van der Waals surface area (Å²) in [5.74, 6) is 2.87. The molecule has 4 heteroatoms. The maximum Gasteiger partial charge on any atom is 0.231 e. The molecule has 1 aromatic rings. The second kappa shape index (κ2) is 3.59. The fourth-order valence-corrected chi connectivity index (χ4v) is 2.29. The molecule has 0 aromatic carbocycles. The van der Waals surface area contributed by atoms with E-state index in [2.05, 4.69) is 22.1 Å². The first-order valence-electron chi connectivity index (χ1n) is 5.85. The lowest BCUT2D eigenvalue weighted by molar-refractivity contribution is 0.220. The Morgan fingerprint density at radius 2 is 2.13 bits per heavy atom. The van der Waals surface area contributed by atoms with Crippen molar-refractivity contribution in [2.75, 3.05) is 20.1 Å². The van der Waals surface area contributed by atoms with E-state index in [1.54, 1.807) is 0 Å². The van der Waals surface area contributed by atoms with E-state index in [-0.39, 0.29) is 0 Å². The molecule has 0 N–H and O–H groups in total. The number of likely N-dealkylation sites (tertiary alicyclic amines) is 1. The summed E-state index contributed by atoms with van der Waals surface area (Å²) in [7, 11) is 2.16. The summed E-state index contributed by atoms with van der Waals surface area (Å²) >= 11 is 0. The zero-order valence-electron chi connectivity index (χ0n) is 9.15. The van der Waals surface area contributed by atoms with Crippen LogP contribution in [0.25, 0.3) is 0 Å². The average Bonchev–Trinajstić information content (AvgIpc) is 2.97. The molecular formula is C11H17N3O. The Labute approximate surface area is 89.6 Å². The lowest BCUT2D eigenvalue weighted by Gasteiger charge is -2.27.